The number of nitrogens with one attached hydrogen (secondary N) is 1. The van der Waals surface area contributed by atoms with Crippen LogP contribution in [0.3, 0.4) is 0 Å². The quantitative estimate of drug-likeness (QED) is 0.0359. The lowest BCUT2D eigenvalue weighted by atomic mass is 9.73. The average molecular weight is 1630 g/mol. The van der Waals surface area contributed by atoms with Crippen molar-refractivity contribution in [3.63, 3.8) is 0 Å². The third-order valence-electron chi connectivity index (χ3n) is 24.1. The third-order valence-corrected chi connectivity index (χ3v) is 24.1. The van der Waals surface area contributed by atoms with E-state index in [0.717, 1.165) is 21.6 Å². The second-order valence-electron chi connectivity index (χ2n) is 33.2. The first-order valence-electron chi connectivity index (χ1n) is 40.3. The van der Waals surface area contributed by atoms with Gasteiger partial charge < -0.3 is 81.8 Å². The summed E-state index contributed by atoms with van der Waals surface area (Å²) in [7, 11) is 12.3. The summed E-state index contributed by atoms with van der Waals surface area (Å²) in [4.78, 5) is 144. The maximum Gasteiger partial charge on any atom is 0.420 e. The van der Waals surface area contributed by atoms with Crippen molar-refractivity contribution in [2.24, 2.45) is 41.4 Å². The van der Waals surface area contributed by atoms with Crippen LogP contribution in [0.4, 0.5) is 15.4 Å². The highest BCUT2D eigenvalue weighted by Crippen LogP contribution is 2.45. The number of carbonyl (C=O) groups is 9. The van der Waals surface area contributed by atoms with Gasteiger partial charge in [-0.2, -0.15) is 0 Å². The van der Waals surface area contributed by atoms with Crippen molar-refractivity contribution in [3.05, 3.63) is 97.1 Å². The van der Waals surface area contributed by atoms with E-state index in [1.54, 1.807) is 117 Å². The Morgan fingerprint density at radius 3 is 1.77 bits per heavy atom. The van der Waals surface area contributed by atoms with Crippen LogP contribution in [0.25, 0.3) is 11.3 Å². The zero-order chi connectivity index (χ0) is 85.1. The van der Waals surface area contributed by atoms with Crippen molar-refractivity contribution in [1.82, 2.24) is 38.8 Å². The number of carbonyl (C=O) groups excluding carboxylic acids is 9. The minimum absolute atomic E-state index is 0. The van der Waals surface area contributed by atoms with Crippen LogP contribution in [-0.2, 0) is 87.4 Å². The van der Waals surface area contributed by atoms with Crippen LogP contribution in [0.1, 0.15) is 180 Å². The van der Waals surface area contributed by atoms with E-state index in [2.05, 4.69) is 20.3 Å². The molecule has 0 aliphatic carbocycles. The van der Waals surface area contributed by atoms with Crippen molar-refractivity contribution < 1.29 is 100 Å². The number of rotatable bonds is 20. The van der Waals surface area contributed by atoms with E-state index in [1.807, 2.05) is 95.6 Å². The molecular formula is C86H129N9O21. The number of ketones is 4. The van der Waals surface area contributed by atoms with Crippen LogP contribution < -0.4 is 5.32 Å². The lowest BCUT2D eigenvalue weighted by Crippen LogP contribution is -2.60. The number of aliphatic hydroxyl groups excluding tert-OH is 1. The number of imidazole rings is 2. The standard InChI is InChI=1S/C44H68N6O10.C41H57N3O11.CH4/c1-13-33-44(8)38(50(42(55)60-44)19-15-14-18-49-23-31(47-24-49)30-16-17-34(45-9)46-22-30)27(4)35(51)25(2)21-43(7,56-12)39(28(5)36(52)29(6)40(54)58-33)59-41-37(53)32(48(10)11)20-26(3)57-41;1-12-31-40(7,55-39(49)44-19-18-42-23-44)21-24(2)32(45)25(3)22-41(8,50-11)35(27(5)33(46)28(6)36(47)52-31)54-38-34(30(43(9)10)20-26(4)51-38)53-37(48)29-16-14-13-15-17-29;/h16-17,22-29,32-33,37-39,41,53H,13-15,18-21H2,1-12H3,(H,45,46);13-19,21,23,25-28,30-31,34-35,38H,12,20,22H2,1-11H3;1H4/b;24-21+;/t25-,26-,27+,28+,29-,32+,33-,37-,38-,39-,41+,43+,44-;25-,26-,27+,28-,30+,31-,34-,35-,38+,40+,41+;/m11./s1. The molecule has 1 aromatic carbocycles. The molecule has 5 aliphatic rings. The fourth-order valence-electron chi connectivity index (χ4n) is 17.3. The number of aromatic nitrogens is 5. The Bertz CT molecular complexity index is 4010. The van der Waals surface area contributed by atoms with Crippen molar-refractivity contribution in [2.45, 2.75) is 278 Å². The molecular weight excluding hydrogens is 1490 g/mol. The summed E-state index contributed by atoms with van der Waals surface area (Å²) >= 11 is 0. The van der Waals surface area contributed by atoms with Gasteiger partial charge in [-0.05, 0) is 178 Å². The topological polar surface area (TPSA) is 346 Å². The van der Waals surface area contributed by atoms with E-state index in [4.69, 9.17) is 52.1 Å². The molecule has 1 amide bonds. The van der Waals surface area contributed by atoms with Gasteiger partial charge in [-0.25, -0.2) is 33.9 Å². The number of amides is 1. The molecule has 0 unspecified atom stereocenters. The van der Waals surface area contributed by atoms with Crippen LogP contribution in [0.15, 0.2) is 91.6 Å². The largest absolute Gasteiger partial charge is 0.458 e. The van der Waals surface area contributed by atoms with Gasteiger partial charge in [0.05, 0.1) is 65.3 Å². The van der Waals surface area contributed by atoms with Gasteiger partial charge >= 0.3 is 30.1 Å². The third kappa shape index (κ3) is 21.6. The van der Waals surface area contributed by atoms with Gasteiger partial charge in [0.2, 0.25) is 0 Å². The molecule has 30 nitrogen and oxygen atoms in total. The zero-order valence-electron chi connectivity index (χ0n) is 71.4. The van der Waals surface area contributed by atoms with Crippen molar-refractivity contribution in [1.29, 1.82) is 0 Å². The second-order valence-corrected chi connectivity index (χ2v) is 33.2. The highest BCUT2D eigenvalue weighted by molar-refractivity contribution is 6.01. The molecule has 116 heavy (non-hydrogen) atoms. The molecule has 5 aliphatic heterocycles. The van der Waals surface area contributed by atoms with Crippen LogP contribution in [0.2, 0.25) is 0 Å². The smallest absolute Gasteiger partial charge is 0.420 e. The maximum atomic E-state index is 14.7. The molecule has 30 heteroatoms. The number of esters is 3. The Kier molecular flexibility index (Phi) is 33.2. The normalized spacial score (nSPS) is 35.1. The fourth-order valence-corrected chi connectivity index (χ4v) is 17.3. The summed E-state index contributed by atoms with van der Waals surface area (Å²) in [5, 5.41) is 14.5. The number of fused-ring (bicyclic) bond motifs is 1. The zero-order valence-corrected chi connectivity index (χ0v) is 71.4. The summed E-state index contributed by atoms with van der Waals surface area (Å²) in [5.74, 6) is -9.44. The van der Waals surface area contributed by atoms with E-state index >= 15 is 0 Å². The minimum atomic E-state index is -1.61. The first kappa shape index (κ1) is 94.9. The molecule has 4 aromatic rings. The first-order valence-corrected chi connectivity index (χ1v) is 40.3. The second kappa shape index (κ2) is 40.5. The summed E-state index contributed by atoms with van der Waals surface area (Å²) in [5.41, 5.74) is -3.31. The van der Waals surface area contributed by atoms with Gasteiger partial charge in [-0.3, -0.25) is 28.8 Å². The SMILES string of the molecule is C.CC[C@H]1OC(=O)[C@H](C)C(=O)[C@H](C)[C@@H](O[C@@H]2O[C@H](C)C[C@H](N(C)C)[C@H]2O)[C@@](C)(OC)C[C@@H](C)C(=O)[C@H](C)[C@H]2N(CCCCn3cnc(-c4ccc(NC)nc4)c3)C(=O)O[C@]12C.CC[C@H]1OC(=O)[C@H](C)C(=O)[C@H](C)[C@@H](O[C@@H]2O[C@H](C)C[C@H](N(C)C)[C@H]2OC(=O)c2ccccc2)[C@@](C)(OC)C[C@@H](C)C(=O)/C(C)=C/[C@]1(C)OC(=O)n1ccnc1. The van der Waals surface area contributed by atoms with E-state index < -0.39 is 161 Å². The fraction of sp³-hybridized carbons (Fsp3) is 0.674. The number of nitrogens with zero attached hydrogens (tertiary/aromatic N) is 8. The maximum absolute atomic E-state index is 14.7. The van der Waals surface area contributed by atoms with E-state index in [1.165, 1.54) is 52.9 Å². The van der Waals surface area contributed by atoms with Gasteiger partial charge in [0.25, 0.3) is 0 Å². The van der Waals surface area contributed by atoms with E-state index in [-0.39, 0.29) is 74.5 Å². The first-order chi connectivity index (χ1) is 54.1. The van der Waals surface area contributed by atoms with Crippen molar-refractivity contribution >= 4 is 59.0 Å². The van der Waals surface area contributed by atoms with Crippen LogP contribution in [0.5, 0.6) is 0 Å². The number of anilines is 1. The lowest BCUT2D eigenvalue weighted by molar-refractivity contribution is -0.295. The van der Waals surface area contributed by atoms with Crippen molar-refractivity contribution in [2.75, 3.05) is 61.3 Å². The number of unbranched alkanes of at least 4 members (excludes halogenated alkanes) is 1. The molecule has 9 rings (SSSR count). The summed E-state index contributed by atoms with van der Waals surface area (Å²) < 4.78 is 71.8. The molecule has 8 heterocycles. The number of hydrogen-bond acceptors (Lipinski definition) is 27. The number of likely N-dealkylation sites (N-methyl/N-ethyl adjacent to an activating group) is 2. The predicted molar refractivity (Wildman–Crippen MR) is 431 cm³/mol. The molecule has 4 fully saturated rings. The predicted octanol–water partition coefficient (Wildman–Crippen LogP) is 11.0. The molecule has 2 N–H and O–H groups in total. The number of pyridine rings is 1. The van der Waals surface area contributed by atoms with Crippen LogP contribution in [-0.4, -0.2) is 255 Å². The number of benzene rings is 1. The van der Waals surface area contributed by atoms with Crippen LogP contribution >= 0.6 is 0 Å². The number of Topliss-reactive ketones (excluding diaryl/α,β-unsaturated/α-hetero) is 4. The number of methoxy groups -OCH3 is 2. The molecule has 644 valence electrons. The van der Waals surface area contributed by atoms with Gasteiger partial charge in [0.15, 0.2) is 47.2 Å². The Labute approximate surface area is 684 Å². The molecule has 0 radical (unpaired) electrons. The average Bonchev–Trinajstić information content (AvgIpc) is 1.53. The highest BCUT2D eigenvalue weighted by atomic mass is 16.7. The number of cyclic esters (lactones) is 2. The summed E-state index contributed by atoms with van der Waals surface area (Å²) in [6.07, 6.45) is 3.66. The number of allylic oxidation sites excluding steroid dienone is 1. The molecule has 4 saturated heterocycles. The van der Waals surface area contributed by atoms with Gasteiger partial charge in [-0.15, -0.1) is 0 Å². The lowest BCUT2D eigenvalue weighted by Gasteiger charge is -2.47. The van der Waals surface area contributed by atoms with E-state index in [9.17, 15) is 48.3 Å². The summed E-state index contributed by atoms with van der Waals surface area (Å²) in [6.45, 7) is 28.3. The molecule has 24 atom stereocenters. The Hall–Kier alpha value is -8.20. The summed E-state index contributed by atoms with van der Waals surface area (Å²) in [6, 6.07) is 11.0. The molecule has 3 aromatic heterocycles. The monoisotopic (exact) mass is 1620 g/mol. The van der Waals surface area contributed by atoms with Gasteiger partial charge in [0, 0.05) is 100 Å². The number of ether oxygens (including phenoxy) is 11. The van der Waals surface area contributed by atoms with E-state index in [0.29, 0.717) is 44.3 Å². The molecule has 0 spiro atoms. The number of aliphatic hydroxyl groups is 1. The Morgan fingerprint density at radius 2 is 1.23 bits per heavy atom. The number of aryl methyl sites for hydroxylation is 1. The van der Waals surface area contributed by atoms with Gasteiger partial charge in [-0.1, -0.05) is 74.1 Å². The van der Waals surface area contributed by atoms with Crippen LogP contribution in [0, 0.1) is 41.4 Å². The minimum Gasteiger partial charge on any atom is -0.458 e. The molecule has 0 bridgehead atoms. The van der Waals surface area contributed by atoms with Gasteiger partial charge in [0.1, 0.15) is 48.1 Å². The Balaban J connectivity index is 0.000000319. The highest BCUT2D eigenvalue weighted by Gasteiger charge is 2.61. The molecule has 0 saturated carbocycles. The number of hydrogen-bond donors (Lipinski definition) is 2. The Morgan fingerprint density at radius 1 is 0.681 bits per heavy atom. The van der Waals surface area contributed by atoms with Crippen molar-refractivity contribution in [3.8, 4) is 11.3 Å².